The molecule has 4 aliphatic rings. The Morgan fingerprint density at radius 3 is 2.25 bits per heavy atom. The van der Waals surface area contributed by atoms with Crippen molar-refractivity contribution in [2.45, 2.75) is 37.8 Å². The topological polar surface area (TPSA) is 18.5 Å². The van der Waals surface area contributed by atoms with E-state index in [2.05, 4.69) is 22.2 Å². The zero-order valence-corrected chi connectivity index (χ0v) is 10.5. The molecule has 3 saturated heterocycles. The molecule has 0 amide bonds. The van der Waals surface area contributed by atoms with E-state index in [0.29, 0.717) is 0 Å². The van der Waals surface area contributed by atoms with E-state index in [-0.39, 0.29) is 0 Å². The molecular formula is C13H25N3. The highest BCUT2D eigenvalue weighted by atomic mass is 15.4. The van der Waals surface area contributed by atoms with Crippen LogP contribution in [-0.2, 0) is 0 Å². The zero-order valence-electron chi connectivity index (χ0n) is 10.5. The van der Waals surface area contributed by atoms with Crippen molar-refractivity contribution in [2.75, 3.05) is 39.8 Å². The molecule has 3 heteroatoms. The van der Waals surface area contributed by atoms with Crippen LogP contribution in [0.4, 0.5) is 0 Å². The SMILES string of the molecule is CNC(C1CCCC1)C1CN2CCN1CC2. The summed E-state index contributed by atoms with van der Waals surface area (Å²) in [5.41, 5.74) is 0. The van der Waals surface area contributed by atoms with Gasteiger partial charge in [-0.05, 0) is 25.8 Å². The second-order valence-electron chi connectivity index (χ2n) is 5.76. The minimum atomic E-state index is 0.741. The van der Waals surface area contributed by atoms with Crippen LogP contribution >= 0.6 is 0 Å². The lowest BCUT2D eigenvalue weighted by Crippen LogP contribution is -2.67. The minimum absolute atomic E-state index is 0.741. The molecule has 1 saturated carbocycles. The van der Waals surface area contributed by atoms with Gasteiger partial charge in [-0.15, -0.1) is 0 Å². The van der Waals surface area contributed by atoms with Crippen molar-refractivity contribution in [2.24, 2.45) is 5.92 Å². The maximum atomic E-state index is 3.63. The van der Waals surface area contributed by atoms with Crippen molar-refractivity contribution in [1.29, 1.82) is 0 Å². The van der Waals surface area contributed by atoms with E-state index in [9.17, 15) is 0 Å². The van der Waals surface area contributed by atoms with Crippen molar-refractivity contribution in [3.05, 3.63) is 0 Å². The van der Waals surface area contributed by atoms with Crippen LogP contribution in [0.3, 0.4) is 0 Å². The van der Waals surface area contributed by atoms with E-state index < -0.39 is 0 Å². The molecule has 0 aromatic carbocycles. The molecule has 4 fully saturated rings. The van der Waals surface area contributed by atoms with Gasteiger partial charge < -0.3 is 5.32 Å². The molecule has 0 radical (unpaired) electrons. The Labute approximate surface area is 99.2 Å². The van der Waals surface area contributed by atoms with Gasteiger partial charge in [0.25, 0.3) is 0 Å². The molecule has 3 heterocycles. The molecular weight excluding hydrogens is 198 g/mol. The minimum Gasteiger partial charge on any atom is -0.315 e. The van der Waals surface area contributed by atoms with Crippen LogP contribution in [0.15, 0.2) is 0 Å². The highest BCUT2D eigenvalue weighted by Crippen LogP contribution is 2.32. The standard InChI is InChI=1S/C13H25N3/c1-14-13(11-4-2-3-5-11)12-10-15-6-8-16(12)9-7-15/h11-14H,2-10H2,1H3. The zero-order chi connectivity index (χ0) is 11.0. The van der Waals surface area contributed by atoms with Gasteiger partial charge in [-0.25, -0.2) is 0 Å². The summed E-state index contributed by atoms with van der Waals surface area (Å²) in [4.78, 5) is 5.39. The Balaban J connectivity index is 1.69. The van der Waals surface area contributed by atoms with Crippen molar-refractivity contribution in [3.8, 4) is 0 Å². The van der Waals surface area contributed by atoms with Gasteiger partial charge in [-0.2, -0.15) is 0 Å². The highest BCUT2D eigenvalue weighted by Gasteiger charge is 2.39. The first-order valence-electron chi connectivity index (χ1n) is 7.02. The van der Waals surface area contributed by atoms with Crippen LogP contribution in [0.25, 0.3) is 0 Å². The van der Waals surface area contributed by atoms with Gasteiger partial charge in [0.05, 0.1) is 0 Å². The van der Waals surface area contributed by atoms with Crippen molar-refractivity contribution < 1.29 is 0 Å². The molecule has 2 atom stereocenters. The lowest BCUT2D eigenvalue weighted by atomic mass is 9.88. The van der Waals surface area contributed by atoms with E-state index in [0.717, 1.165) is 18.0 Å². The smallest absolute Gasteiger partial charge is 0.0380 e. The summed E-state index contributed by atoms with van der Waals surface area (Å²) in [6.07, 6.45) is 5.82. The van der Waals surface area contributed by atoms with Crippen LogP contribution in [-0.4, -0.2) is 61.7 Å². The fraction of sp³-hybridized carbons (Fsp3) is 1.00. The summed E-state index contributed by atoms with van der Waals surface area (Å²) in [5, 5.41) is 3.63. The van der Waals surface area contributed by atoms with Crippen LogP contribution in [0.1, 0.15) is 25.7 Å². The third-order valence-corrected chi connectivity index (χ3v) is 4.98. The Hall–Kier alpha value is -0.120. The number of nitrogens with zero attached hydrogens (tertiary/aromatic N) is 2. The largest absolute Gasteiger partial charge is 0.315 e. The predicted octanol–water partition coefficient (Wildman–Crippen LogP) is 0.764. The third kappa shape index (κ3) is 1.89. The Morgan fingerprint density at radius 2 is 1.75 bits per heavy atom. The van der Waals surface area contributed by atoms with Crippen molar-refractivity contribution in [3.63, 3.8) is 0 Å². The predicted molar refractivity (Wildman–Crippen MR) is 66.6 cm³/mol. The summed E-state index contributed by atoms with van der Waals surface area (Å²) in [6, 6.07) is 1.53. The first-order chi connectivity index (χ1) is 7.88. The molecule has 1 N–H and O–H groups in total. The molecule has 0 aromatic rings. The molecule has 1 aliphatic carbocycles. The maximum Gasteiger partial charge on any atom is 0.0380 e. The third-order valence-electron chi connectivity index (χ3n) is 4.98. The Bertz CT molecular complexity index is 227. The molecule has 16 heavy (non-hydrogen) atoms. The van der Waals surface area contributed by atoms with E-state index in [1.807, 2.05) is 0 Å². The van der Waals surface area contributed by atoms with Crippen LogP contribution in [0.2, 0.25) is 0 Å². The van der Waals surface area contributed by atoms with Gasteiger partial charge in [0.1, 0.15) is 0 Å². The Kier molecular flexibility index (Phi) is 3.18. The number of hydrogen-bond acceptors (Lipinski definition) is 3. The molecule has 2 bridgehead atoms. The van der Waals surface area contributed by atoms with Gasteiger partial charge in [0.15, 0.2) is 0 Å². The van der Waals surface area contributed by atoms with E-state index in [1.54, 1.807) is 0 Å². The second-order valence-corrected chi connectivity index (χ2v) is 5.76. The van der Waals surface area contributed by atoms with Crippen LogP contribution in [0.5, 0.6) is 0 Å². The average Bonchev–Trinajstić information content (AvgIpc) is 2.85. The molecule has 3 aliphatic heterocycles. The summed E-state index contributed by atoms with van der Waals surface area (Å²) < 4.78 is 0. The number of rotatable bonds is 3. The van der Waals surface area contributed by atoms with E-state index in [4.69, 9.17) is 0 Å². The summed E-state index contributed by atoms with van der Waals surface area (Å²) in [7, 11) is 2.17. The van der Waals surface area contributed by atoms with Crippen LogP contribution in [0, 0.1) is 5.92 Å². The maximum absolute atomic E-state index is 3.63. The summed E-state index contributed by atoms with van der Waals surface area (Å²) >= 11 is 0. The van der Waals surface area contributed by atoms with E-state index in [1.165, 1.54) is 58.4 Å². The molecule has 0 aromatic heterocycles. The van der Waals surface area contributed by atoms with Gasteiger partial charge in [-0.1, -0.05) is 12.8 Å². The van der Waals surface area contributed by atoms with Crippen molar-refractivity contribution >= 4 is 0 Å². The van der Waals surface area contributed by atoms with Crippen molar-refractivity contribution in [1.82, 2.24) is 15.1 Å². The molecule has 4 rings (SSSR count). The normalized spacial score (nSPS) is 41.4. The molecule has 3 nitrogen and oxygen atoms in total. The quantitative estimate of drug-likeness (QED) is 0.762. The second kappa shape index (κ2) is 4.63. The lowest BCUT2D eigenvalue weighted by Gasteiger charge is -2.51. The first kappa shape index (κ1) is 11.0. The molecule has 2 unspecified atom stereocenters. The number of nitrogens with one attached hydrogen (secondary N) is 1. The highest BCUT2D eigenvalue weighted by molar-refractivity contribution is 4.97. The molecule has 0 spiro atoms. The van der Waals surface area contributed by atoms with Gasteiger partial charge in [-0.3, -0.25) is 9.80 Å². The lowest BCUT2D eigenvalue weighted by molar-refractivity contribution is -0.0114. The number of likely N-dealkylation sites (N-methyl/N-ethyl adjacent to an activating group) is 1. The number of fused-ring (bicyclic) bond motifs is 3. The number of piperazine rings is 3. The monoisotopic (exact) mass is 223 g/mol. The number of hydrogen-bond donors (Lipinski definition) is 1. The average molecular weight is 223 g/mol. The van der Waals surface area contributed by atoms with Crippen LogP contribution < -0.4 is 5.32 Å². The summed E-state index contributed by atoms with van der Waals surface area (Å²) in [5.74, 6) is 0.940. The van der Waals surface area contributed by atoms with Gasteiger partial charge in [0, 0.05) is 44.8 Å². The Morgan fingerprint density at radius 1 is 1.06 bits per heavy atom. The fourth-order valence-corrected chi connectivity index (χ4v) is 4.06. The fourth-order valence-electron chi connectivity index (χ4n) is 4.06. The first-order valence-corrected chi connectivity index (χ1v) is 7.02. The van der Waals surface area contributed by atoms with E-state index >= 15 is 0 Å². The van der Waals surface area contributed by atoms with Gasteiger partial charge >= 0.3 is 0 Å². The van der Waals surface area contributed by atoms with Gasteiger partial charge in [0.2, 0.25) is 0 Å². The molecule has 92 valence electrons. The summed E-state index contributed by atoms with van der Waals surface area (Å²) in [6.45, 7) is 6.52.